The maximum absolute atomic E-state index is 12.5. The first kappa shape index (κ1) is 16.7. The lowest BCUT2D eigenvalue weighted by molar-refractivity contribution is -0.123. The average molecular weight is 376 g/mol. The molecule has 0 aliphatic carbocycles. The fourth-order valence-corrected chi connectivity index (χ4v) is 3.96. The first-order valence-corrected chi connectivity index (χ1v) is 8.96. The Balaban J connectivity index is 1.79. The lowest BCUT2D eigenvalue weighted by Crippen LogP contribution is -2.44. The zero-order valence-electron chi connectivity index (χ0n) is 12.5. The van der Waals surface area contributed by atoms with Gasteiger partial charge in [0, 0.05) is 4.88 Å². The fourth-order valence-electron chi connectivity index (χ4n) is 2.06. The van der Waals surface area contributed by atoms with E-state index in [9.17, 15) is 9.59 Å². The van der Waals surface area contributed by atoms with E-state index in [2.05, 4.69) is 5.43 Å². The monoisotopic (exact) mass is 376 g/mol. The summed E-state index contributed by atoms with van der Waals surface area (Å²) in [6.07, 6.45) is 1.76. The summed E-state index contributed by atoms with van der Waals surface area (Å²) in [7, 11) is 1.48. The van der Waals surface area contributed by atoms with E-state index < -0.39 is 5.91 Å². The van der Waals surface area contributed by atoms with Gasteiger partial charge in [0.25, 0.3) is 11.8 Å². The van der Waals surface area contributed by atoms with Gasteiger partial charge in [-0.15, -0.1) is 11.3 Å². The van der Waals surface area contributed by atoms with Crippen molar-refractivity contribution in [3.63, 3.8) is 0 Å². The van der Waals surface area contributed by atoms with Crippen molar-refractivity contribution in [2.45, 2.75) is 0 Å². The minimum atomic E-state index is -0.457. The second-order valence-electron chi connectivity index (χ2n) is 4.67. The van der Waals surface area contributed by atoms with Gasteiger partial charge in [-0.05, 0) is 41.9 Å². The van der Waals surface area contributed by atoms with Crippen LogP contribution in [0.1, 0.15) is 15.2 Å². The van der Waals surface area contributed by atoms with E-state index in [4.69, 9.17) is 17.0 Å². The fraction of sp³-hybridized carbons (Fsp3) is 0.0625. The molecule has 5 nitrogen and oxygen atoms in total. The molecule has 0 radical (unpaired) electrons. The van der Waals surface area contributed by atoms with Crippen LogP contribution in [0.4, 0.5) is 0 Å². The van der Waals surface area contributed by atoms with E-state index >= 15 is 0 Å². The van der Waals surface area contributed by atoms with Gasteiger partial charge in [0.2, 0.25) is 0 Å². The molecule has 3 rings (SSSR count). The van der Waals surface area contributed by atoms with Gasteiger partial charge in [-0.3, -0.25) is 15.0 Å². The zero-order valence-corrected chi connectivity index (χ0v) is 15.0. The molecule has 0 unspecified atom stereocenters. The molecule has 2 amide bonds. The van der Waals surface area contributed by atoms with Gasteiger partial charge in [0.15, 0.2) is 4.32 Å². The largest absolute Gasteiger partial charge is 0.496 e. The molecule has 2 heterocycles. The molecule has 1 N–H and O–H groups in total. The number of hydrogen-bond acceptors (Lipinski definition) is 6. The van der Waals surface area contributed by atoms with Crippen molar-refractivity contribution in [2.75, 3.05) is 7.11 Å². The van der Waals surface area contributed by atoms with Crippen molar-refractivity contribution < 1.29 is 14.3 Å². The third kappa shape index (κ3) is 3.35. The minimum Gasteiger partial charge on any atom is -0.496 e. The van der Waals surface area contributed by atoms with Crippen LogP contribution in [0.5, 0.6) is 5.75 Å². The van der Waals surface area contributed by atoms with Crippen LogP contribution in [0.25, 0.3) is 6.08 Å². The van der Waals surface area contributed by atoms with Gasteiger partial charge in [-0.25, -0.2) is 0 Å². The number of benzene rings is 1. The third-order valence-corrected chi connectivity index (χ3v) is 5.30. The van der Waals surface area contributed by atoms with E-state index in [1.807, 2.05) is 17.5 Å². The molecule has 122 valence electrons. The predicted molar refractivity (Wildman–Crippen MR) is 99.8 cm³/mol. The number of nitrogens with zero attached hydrogens (tertiary/aromatic N) is 1. The maximum atomic E-state index is 12.5. The number of nitrogens with one attached hydrogen (secondary N) is 1. The average Bonchev–Trinajstić information content (AvgIpc) is 3.19. The van der Waals surface area contributed by atoms with Crippen LogP contribution in [0.2, 0.25) is 0 Å². The van der Waals surface area contributed by atoms with Crippen molar-refractivity contribution >= 4 is 57.5 Å². The van der Waals surface area contributed by atoms with Gasteiger partial charge in [0.05, 0.1) is 17.6 Å². The Morgan fingerprint density at radius 1 is 1.29 bits per heavy atom. The van der Waals surface area contributed by atoms with Crippen LogP contribution in [0.15, 0.2) is 46.7 Å². The Bertz CT molecular complexity index is 831. The van der Waals surface area contributed by atoms with Crippen LogP contribution in [-0.4, -0.2) is 28.3 Å². The van der Waals surface area contributed by atoms with Crippen LogP contribution in [0.3, 0.4) is 0 Å². The summed E-state index contributed by atoms with van der Waals surface area (Å²) in [4.78, 5) is 26.3. The van der Waals surface area contributed by atoms with Crippen LogP contribution >= 0.6 is 35.3 Å². The highest BCUT2D eigenvalue weighted by Gasteiger charge is 2.34. The number of methoxy groups -OCH3 is 1. The number of hydrogen-bond donors (Lipinski definition) is 1. The number of thiocarbonyl (C=S) groups is 1. The predicted octanol–water partition coefficient (Wildman–Crippen LogP) is 3.30. The van der Waals surface area contributed by atoms with Crippen molar-refractivity contribution in [2.24, 2.45) is 0 Å². The van der Waals surface area contributed by atoms with E-state index in [0.717, 1.165) is 21.6 Å². The van der Waals surface area contributed by atoms with E-state index in [-0.39, 0.29) is 10.2 Å². The molecule has 1 aliphatic heterocycles. The molecule has 1 fully saturated rings. The van der Waals surface area contributed by atoms with Crippen molar-refractivity contribution in [3.8, 4) is 5.75 Å². The van der Waals surface area contributed by atoms with Gasteiger partial charge in [0.1, 0.15) is 5.75 Å². The van der Waals surface area contributed by atoms with E-state index in [0.29, 0.717) is 16.2 Å². The number of amides is 2. The molecule has 1 aliphatic rings. The van der Waals surface area contributed by atoms with Crippen LogP contribution in [-0.2, 0) is 4.79 Å². The number of hydrazine groups is 1. The molecule has 1 aromatic carbocycles. The lowest BCUT2D eigenvalue weighted by atomic mass is 10.2. The smallest absolute Gasteiger partial charge is 0.285 e. The van der Waals surface area contributed by atoms with Crippen molar-refractivity contribution in [1.82, 2.24) is 10.4 Å². The summed E-state index contributed by atoms with van der Waals surface area (Å²) in [5, 5.41) is 3.02. The zero-order chi connectivity index (χ0) is 17.1. The molecule has 0 saturated carbocycles. The summed E-state index contributed by atoms with van der Waals surface area (Å²) in [6, 6.07) is 10.6. The summed E-state index contributed by atoms with van der Waals surface area (Å²) in [5.74, 6) is -0.377. The summed E-state index contributed by atoms with van der Waals surface area (Å²) < 4.78 is 5.45. The lowest BCUT2D eigenvalue weighted by Gasteiger charge is -2.16. The molecule has 0 atom stereocenters. The normalized spacial score (nSPS) is 15.9. The van der Waals surface area contributed by atoms with Crippen molar-refractivity contribution in [1.29, 1.82) is 0 Å². The molecule has 0 spiro atoms. The highest BCUT2D eigenvalue weighted by atomic mass is 32.2. The second kappa shape index (κ2) is 7.16. The van der Waals surface area contributed by atoms with Gasteiger partial charge in [-0.2, -0.15) is 5.01 Å². The SMILES string of the molecule is COc1ccccc1C(=O)NN1C(=O)C(=Cc2cccs2)SC1=S. The van der Waals surface area contributed by atoms with E-state index in [1.165, 1.54) is 18.4 Å². The van der Waals surface area contributed by atoms with Gasteiger partial charge in [-0.1, -0.05) is 30.0 Å². The van der Waals surface area contributed by atoms with Crippen LogP contribution in [0, 0.1) is 0 Å². The Labute approximate surface area is 152 Å². The summed E-state index contributed by atoms with van der Waals surface area (Å²) >= 11 is 7.88. The molecular weight excluding hydrogens is 364 g/mol. The quantitative estimate of drug-likeness (QED) is 0.655. The topological polar surface area (TPSA) is 58.6 Å². The Morgan fingerprint density at radius 3 is 2.79 bits per heavy atom. The number of thioether (sulfide) groups is 1. The molecule has 8 heteroatoms. The van der Waals surface area contributed by atoms with Crippen LogP contribution < -0.4 is 10.2 Å². The number of carbonyl (C=O) groups is 2. The number of ether oxygens (including phenoxy) is 1. The molecule has 2 aromatic rings. The maximum Gasteiger partial charge on any atom is 0.285 e. The van der Waals surface area contributed by atoms with Crippen molar-refractivity contribution in [3.05, 3.63) is 57.1 Å². The van der Waals surface area contributed by atoms with E-state index in [1.54, 1.807) is 30.3 Å². The minimum absolute atomic E-state index is 0.283. The van der Waals surface area contributed by atoms with Gasteiger partial charge >= 0.3 is 0 Å². The molecular formula is C16H12N2O3S3. The first-order chi connectivity index (χ1) is 11.6. The first-order valence-electron chi connectivity index (χ1n) is 6.85. The third-order valence-electron chi connectivity index (χ3n) is 3.18. The molecule has 1 saturated heterocycles. The standard InChI is InChI=1S/C16H12N2O3S3/c1-21-12-7-3-2-6-11(12)14(19)17-18-15(20)13(24-16(18)22)9-10-5-4-8-23-10/h2-9H,1H3,(H,17,19). The second-order valence-corrected chi connectivity index (χ2v) is 7.33. The van der Waals surface area contributed by atoms with Gasteiger partial charge < -0.3 is 4.74 Å². The number of thiophene rings is 1. The number of rotatable bonds is 4. The molecule has 1 aromatic heterocycles. The molecule has 24 heavy (non-hydrogen) atoms. The molecule has 0 bridgehead atoms. The number of carbonyl (C=O) groups excluding carboxylic acids is 2. The Morgan fingerprint density at radius 2 is 2.08 bits per heavy atom. The summed E-state index contributed by atoms with van der Waals surface area (Å²) in [5.41, 5.74) is 2.87. The number of para-hydroxylation sites is 1. The highest BCUT2D eigenvalue weighted by molar-refractivity contribution is 8.26. The summed E-state index contributed by atoms with van der Waals surface area (Å²) in [6.45, 7) is 0. The highest BCUT2D eigenvalue weighted by Crippen LogP contribution is 2.32. The Hall–Kier alpha value is -2.16. The Kier molecular flexibility index (Phi) is 4.98.